The first-order chi connectivity index (χ1) is 15.4. The third-order valence-corrected chi connectivity index (χ3v) is 5.79. The number of rotatable bonds is 3. The van der Waals surface area contributed by atoms with Gasteiger partial charge in [-0.15, -0.1) is 0 Å². The van der Waals surface area contributed by atoms with Crippen molar-refractivity contribution in [2.45, 2.75) is 20.3 Å². The summed E-state index contributed by atoms with van der Waals surface area (Å²) in [5.74, 6) is -1.54. The number of carbonyl (C=O) groups is 1. The van der Waals surface area contributed by atoms with Crippen LogP contribution in [0.5, 0.6) is 0 Å². The largest absolute Gasteiger partial charge is 0.370 e. The quantitative estimate of drug-likeness (QED) is 0.624. The first-order valence-corrected chi connectivity index (χ1v) is 10.4. The third kappa shape index (κ3) is 4.06. The van der Waals surface area contributed by atoms with Gasteiger partial charge in [0.05, 0.1) is 28.6 Å². The Labute approximate surface area is 185 Å². The molecular weight excluding hydrogens is 412 g/mol. The van der Waals surface area contributed by atoms with Gasteiger partial charge in [-0.25, -0.2) is 13.5 Å². The van der Waals surface area contributed by atoms with Crippen LogP contribution in [0.4, 0.5) is 14.5 Å². The van der Waals surface area contributed by atoms with Gasteiger partial charge in [-0.05, 0) is 56.7 Å². The van der Waals surface area contributed by atoms with Gasteiger partial charge in [0.15, 0.2) is 5.82 Å². The minimum atomic E-state index is -0.734. The van der Waals surface area contributed by atoms with E-state index in [9.17, 15) is 13.6 Å². The van der Waals surface area contributed by atoms with Crippen molar-refractivity contribution in [2.75, 3.05) is 31.1 Å². The summed E-state index contributed by atoms with van der Waals surface area (Å²) in [5, 5.41) is 13.3. The van der Waals surface area contributed by atoms with Crippen LogP contribution in [0.25, 0.3) is 5.69 Å². The average Bonchev–Trinajstić information content (AvgIpc) is 2.95. The summed E-state index contributed by atoms with van der Waals surface area (Å²) in [6.45, 7) is 6.04. The number of halogens is 2. The van der Waals surface area contributed by atoms with Crippen LogP contribution in [0, 0.1) is 36.8 Å². The molecule has 0 N–H and O–H groups in total. The molecule has 3 aromatic rings. The van der Waals surface area contributed by atoms with E-state index in [-0.39, 0.29) is 11.6 Å². The van der Waals surface area contributed by atoms with Gasteiger partial charge in [0.25, 0.3) is 5.91 Å². The monoisotopic (exact) mass is 435 g/mol. The Balaban J connectivity index is 1.54. The molecule has 0 bridgehead atoms. The highest BCUT2D eigenvalue weighted by molar-refractivity contribution is 5.96. The van der Waals surface area contributed by atoms with Crippen LogP contribution in [0.15, 0.2) is 42.5 Å². The summed E-state index contributed by atoms with van der Waals surface area (Å²) in [4.78, 5) is 17.4. The van der Waals surface area contributed by atoms with E-state index in [1.54, 1.807) is 30.9 Å². The Kier molecular flexibility index (Phi) is 5.91. The van der Waals surface area contributed by atoms with Gasteiger partial charge >= 0.3 is 0 Å². The van der Waals surface area contributed by atoms with Crippen LogP contribution >= 0.6 is 0 Å². The topological polar surface area (TPSA) is 65.2 Å². The molecule has 32 heavy (non-hydrogen) atoms. The minimum Gasteiger partial charge on any atom is -0.370 e. The van der Waals surface area contributed by atoms with Crippen molar-refractivity contribution in [1.29, 1.82) is 5.26 Å². The van der Waals surface area contributed by atoms with E-state index in [2.05, 4.69) is 16.1 Å². The highest BCUT2D eigenvalue weighted by Gasteiger charge is 2.27. The summed E-state index contributed by atoms with van der Waals surface area (Å²) in [6, 6.07) is 12.8. The third-order valence-electron chi connectivity index (χ3n) is 5.79. The average molecular weight is 435 g/mol. The van der Waals surface area contributed by atoms with E-state index in [4.69, 9.17) is 5.26 Å². The van der Waals surface area contributed by atoms with Gasteiger partial charge in [0, 0.05) is 37.9 Å². The molecule has 8 heteroatoms. The number of nitrogens with zero attached hydrogens (tertiary/aromatic N) is 5. The molecule has 0 aliphatic carbocycles. The maximum absolute atomic E-state index is 14.3. The second kappa shape index (κ2) is 8.79. The van der Waals surface area contributed by atoms with Crippen molar-refractivity contribution in [1.82, 2.24) is 14.7 Å². The molecule has 0 spiro atoms. The van der Waals surface area contributed by atoms with Gasteiger partial charge in [-0.1, -0.05) is 0 Å². The molecular formula is C24H23F2N5O. The summed E-state index contributed by atoms with van der Waals surface area (Å²) in [6.07, 6.45) is 0.796. The molecule has 6 nitrogen and oxygen atoms in total. The predicted octanol–water partition coefficient (Wildman–Crippen LogP) is 3.99. The molecule has 1 saturated heterocycles. The summed E-state index contributed by atoms with van der Waals surface area (Å²) in [7, 11) is 0. The Morgan fingerprint density at radius 2 is 1.78 bits per heavy atom. The lowest BCUT2D eigenvalue weighted by Crippen LogP contribution is -2.35. The summed E-state index contributed by atoms with van der Waals surface area (Å²) < 4.78 is 29.0. The van der Waals surface area contributed by atoms with Crippen LogP contribution in [-0.4, -0.2) is 46.8 Å². The SMILES string of the molecule is Cc1nn(-c2ccc(F)cc2F)c(C)c1C(=O)N1CCCN(c2ccc(C#N)cc2)CC1. The van der Waals surface area contributed by atoms with Crippen LogP contribution in [0.1, 0.15) is 33.7 Å². The molecule has 4 rings (SSSR count). The normalized spacial score (nSPS) is 14.2. The smallest absolute Gasteiger partial charge is 0.257 e. The number of aromatic nitrogens is 2. The Morgan fingerprint density at radius 3 is 2.47 bits per heavy atom. The molecule has 1 amide bonds. The number of hydrogen-bond donors (Lipinski definition) is 0. The molecule has 1 aromatic heterocycles. The molecule has 1 aliphatic heterocycles. The number of anilines is 1. The first-order valence-electron chi connectivity index (χ1n) is 10.4. The van der Waals surface area contributed by atoms with E-state index in [1.165, 1.54) is 16.8 Å². The van der Waals surface area contributed by atoms with Crippen LogP contribution in [-0.2, 0) is 0 Å². The van der Waals surface area contributed by atoms with Gasteiger partial charge in [-0.3, -0.25) is 4.79 Å². The van der Waals surface area contributed by atoms with Gasteiger partial charge < -0.3 is 9.80 Å². The molecule has 2 aromatic carbocycles. The zero-order valence-electron chi connectivity index (χ0n) is 18.0. The zero-order chi connectivity index (χ0) is 22.8. The highest BCUT2D eigenvalue weighted by Crippen LogP contribution is 2.23. The lowest BCUT2D eigenvalue weighted by Gasteiger charge is -2.24. The van der Waals surface area contributed by atoms with Gasteiger partial charge in [0.1, 0.15) is 11.5 Å². The second-order valence-electron chi connectivity index (χ2n) is 7.84. The number of hydrogen-bond acceptors (Lipinski definition) is 4. The molecule has 0 radical (unpaired) electrons. The molecule has 1 fully saturated rings. The molecule has 1 aliphatic rings. The van der Waals surface area contributed by atoms with Gasteiger partial charge in [-0.2, -0.15) is 10.4 Å². The lowest BCUT2D eigenvalue weighted by atomic mass is 10.1. The van der Waals surface area contributed by atoms with E-state index in [0.29, 0.717) is 42.1 Å². The summed E-state index contributed by atoms with van der Waals surface area (Å²) >= 11 is 0. The Morgan fingerprint density at radius 1 is 1.03 bits per heavy atom. The van der Waals surface area contributed by atoms with Crippen molar-refractivity contribution < 1.29 is 13.6 Å². The minimum absolute atomic E-state index is 0.105. The molecule has 0 saturated carbocycles. The maximum atomic E-state index is 14.3. The fourth-order valence-electron chi connectivity index (χ4n) is 4.12. The molecule has 2 heterocycles. The van der Waals surface area contributed by atoms with E-state index < -0.39 is 11.6 Å². The van der Waals surface area contributed by atoms with E-state index >= 15 is 0 Å². The second-order valence-corrected chi connectivity index (χ2v) is 7.84. The van der Waals surface area contributed by atoms with Crippen LogP contribution in [0.2, 0.25) is 0 Å². The Bertz CT molecular complexity index is 1200. The standard InChI is InChI=1S/C24H23F2N5O/c1-16-23(17(2)31(28-16)22-9-6-19(25)14-21(22)26)24(32)30-11-3-10-29(12-13-30)20-7-4-18(15-27)5-8-20/h4-9,14H,3,10-13H2,1-2H3. The van der Waals surface area contributed by atoms with Crippen molar-refractivity contribution in [3.8, 4) is 11.8 Å². The molecule has 0 atom stereocenters. The van der Waals surface area contributed by atoms with Crippen molar-refractivity contribution in [2.24, 2.45) is 0 Å². The van der Waals surface area contributed by atoms with Gasteiger partial charge in [0.2, 0.25) is 0 Å². The summed E-state index contributed by atoms with van der Waals surface area (Å²) in [5.41, 5.74) is 3.20. The number of aryl methyl sites for hydroxylation is 1. The highest BCUT2D eigenvalue weighted by atomic mass is 19.1. The maximum Gasteiger partial charge on any atom is 0.257 e. The number of carbonyl (C=O) groups excluding carboxylic acids is 1. The zero-order valence-corrected chi connectivity index (χ0v) is 18.0. The van der Waals surface area contributed by atoms with Crippen molar-refractivity contribution >= 4 is 11.6 Å². The fourth-order valence-corrected chi connectivity index (χ4v) is 4.12. The molecule has 0 unspecified atom stereocenters. The van der Waals surface area contributed by atoms with Crippen LogP contribution < -0.4 is 4.90 Å². The van der Waals surface area contributed by atoms with Crippen molar-refractivity contribution in [3.63, 3.8) is 0 Å². The fraction of sp³-hybridized carbons (Fsp3) is 0.292. The predicted molar refractivity (Wildman–Crippen MR) is 117 cm³/mol. The number of amides is 1. The van der Waals surface area contributed by atoms with E-state index in [1.807, 2.05) is 12.1 Å². The lowest BCUT2D eigenvalue weighted by molar-refractivity contribution is 0.0765. The van der Waals surface area contributed by atoms with Crippen LogP contribution in [0.3, 0.4) is 0 Å². The molecule has 164 valence electrons. The number of benzene rings is 2. The first kappa shape index (κ1) is 21.5. The Hall–Kier alpha value is -3.73. The van der Waals surface area contributed by atoms with E-state index in [0.717, 1.165) is 24.7 Å². The number of nitriles is 1. The van der Waals surface area contributed by atoms with Crippen molar-refractivity contribution in [3.05, 3.63) is 76.6 Å².